The van der Waals surface area contributed by atoms with E-state index in [0.717, 1.165) is 0 Å². The Morgan fingerprint density at radius 1 is 1.00 bits per heavy atom. The fraction of sp³-hybridized carbons (Fsp3) is 0.917. The van der Waals surface area contributed by atoms with Crippen molar-refractivity contribution in [3.8, 4) is 0 Å². The minimum absolute atomic E-state index is 0.0956. The van der Waals surface area contributed by atoms with Gasteiger partial charge in [-0.2, -0.15) is 0 Å². The first-order chi connectivity index (χ1) is 6.88. The van der Waals surface area contributed by atoms with E-state index in [1.807, 2.05) is 20.8 Å². The van der Waals surface area contributed by atoms with Gasteiger partial charge in [0, 0.05) is 11.8 Å². The summed E-state index contributed by atoms with van der Waals surface area (Å²) in [5.74, 6) is 0.217. The molecule has 0 aliphatic heterocycles. The van der Waals surface area contributed by atoms with Gasteiger partial charge in [0.1, 0.15) is 5.78 Å². The van der Waals surface area contributed by atoms with Crippen molar-refractivity contribution in [3.05, 3.63) is 0 Å². The molecule has 16 heavy (non-hydrogen) atoms. The molecule has 0 spiro atoms. The number of Topliss-reactive ketones (excluding diaryl/α,β-unsaturated/α-hetero) is 1. The fourth-order valence-corrected chi connectivity index (χ4v) is 2.24. The normalized spacial score (nSPS) is 13.9. The summed E-state index contributed by atoms with van der Waals surface area (Å²) in [4.78, 5) is 11.6. The summed E-state index contributed by atoms with van der Waals surface area (Å²) in [6.07, 6.45) is 0.772. The summed E-state index contributed by atoms with van der Waals surface area (Å²) in [6, 6.07) is 0. The number of hydrogen-bond acceptors (Lipinski definition) is 3. The van der Waals surface area contributed by atoms with Crippen LogP contribution in [0.5, 0.6) is 0 Å². The average Bonchev–Trinajstić information content (AvgIpc) is 1.99. The van der Waals surface area contributed by atoms with E-state index in [4.69, 9.17) is 0 Å². The van der Waals surface area contributed by atoms with Crippen LogP contribution in [0.2, 0.25) is 0 Å². The van der Waals surface area contributed by atoms with E-state index in [-0.39, 0.29) is 17.0 Å². The summed E-state index contributed by atoms with van der Waals surface area (Å²) < 4.78 is 22.8. The van der Waals surface area contributed by atoms with Crippen LogP contribution in [0.4, 0.5) is 0 Å². The molecule has 0 aliphatic carbocycles. The summed E-state index contributed by atoms with van der Waals surface area (Å²) in [6.45, 7) is 10.6. The van der Waals surface area contributed by atoms with Crippen molar-refractivity contribution in [2.75, 3.05) is 5.75 Å². The Hall–Kier alpha value is -0.380. The third kappa shape index (κ3) is 4.64. The minimum atomic E-state index is -3.09. The third-order valence-electron chi connectivity index (χ3n) is 2.59. The molecule has 0 fully saturated rings. The van der Waals surface area contributed by atoms with Crippen molar-refractivity contribution in [2.45, 2.75) is 59.1 Å². The highest BCUT2D eigenvalue weighted by molar-refractivity contribution is 7.92. The number of carbonyl (C=O) groups excluding carboxylic acids is 1. The molecule has 0 amide bonds. The van der Waals surface area contributed by atoms with Gasteiger partial charge < -0.3 is 0 Å². The molecule has 0 atom stereocenters. The number of rotatable bonds is 4. The molecule has 0 unspecified atom stereocenters. The number of carbonyl (C=O) groups is 1. The van der Waals surface area contributed by atoms with Crippen LogP contribution in [0.1, 0.15) is 54.4 Å². The lowest BCUT2D eigenvalue weighted by molar-refractivity contribution is -0.126. The minimum Gasteiger partial charge on any atom is -0.299 e. The lowest BCUT2D eigenvalue weighted by atomic mass is 9.88. The van der Waals surface area contributed by atoms with Gasteiger partial charge in [-0.15, -0.1) is 0 Å². The highest BCUT2D eigenvalue weighted by atomic mass is 32.2. The van der Waals surface area contributed by atoms with E-state index in [0.29, 0.717) is 12.8 Å². The van der Waals surface area contributed by atoms with Gasteiger partial charge in [0.15, 0.2) is 9.84 Å². The first-order valence-corrected chi connectivity index (χ1v) is 7.29. The van der Waals surface area contributed by atoms with Crippen molar-refractivity contribution < 1.29 is 13.2 Å². The van der Waals surface area contributed by atoms with Gasteiger partial charge in [-0.25, -0.2) is 8.42 Å². The molecule has 0 aliphatic rings. The van der Waals surface area contributed by atoms with Crippen LogP contribution in [0, 0.1) is 5.41 Å². The van der Waals surface area contributed by atoms with Crippen molar-refractivity contribution in [2.24, 2.45) is 5.41 Å². The van der Waals surface area contributed by atoms with Crippen LogP contribution in [0.25, 0.3) is 0 Å². The first-order valence-electron chi connectivity index (χ1n) is 5.63. The van der Waals surface area contributed by atoms with Crippen LogP contribution < -0.4 is 0 Å². The van der Waals surface area contributed by atoms with Crippen LogP contribution in [0.15, 0.2) is 0 Å². The van der Waals surface area contributed by atoms with Crippen LogP contribution in [-0.4, -0.2) is 24.7 Å². The molecule has 0 aromatic carbocycles. The Kier molecular flexibility index (Phi) is 4.75. The molecule has 3 nitrogen and oxygen atoms in total. The zero-order valence-corrected chi connectivity index (χ0v) is 12.1. The second kappa shape index (κ2) is 4.86. The first kappa shape index (κ1) is 15.6. The molecule has 4 heteroatoms. The number of hydrogen-bond donors (Lipinski definition) is 0. The average molecular weight is 248 g/mol. The number of ketones is 1. The van der Waals surface area contributed by atoms with E-state index in [9.17, 15) is 13.2 Å². The van der Waals surface area contributed by atoms with E-state index in [1.165, 1.54) is 0 Å². The van der Waals surface area contributed by atoms with Crippen LogP contribution >= 0.6 is 0 Å². The molecule has 0 heterocycles. The van der Waals surface area contributed by atoms with Crippen molar-refractivity contribution in [1.82, 2.24) is 0 Å². The fourth-order valence-electron chi connectivity index (χ4n) is 1.10. The Labute approximate surface area is 99.5 Å². The predicted octanol–water partition coefficient (Wildman–Crippen LogP) is 2.60. The maximum atomic E-state index is 11.8. The zero-order chi connectivity index (χ0) is 13.2. The molecule has 0 radical (unpaired) electrons. The van der Waals surface area contributed by atoms with Gasteiger partial charge in [0.05, 0.1) is 10.5 Å². The Morgan fingerprint density at radius 2 is 1.44 bits per heavy atom. The summed E-state index contributed by atoms with van der Waals surface area (Å²) in [7, 11) is -3.09. The lowest BCUT2D eigenvalue weighted by Gasteiger charge is -2.20. The molecule has 0 bridgehead atoms. The Morgan fingerprint density at radius 3 is 1.75 bits per heavy atom. The highest BCUT2D eigenvalue weighted by Gasteiger charge is 2.29. The van der Waals surface area contributed by atoms with Crippen LogP contribution in [-0.2, 0) is 14.6 Å². The molecular weight excluding hydrogens is 224 g/mol. The van der Waals surface area contributed by atoms with Gasteiger partial charge in [-0.1, -0.05) is 20.8 Å². The van der Waals surface area contributed by atoms with E-state index in [1.54, 1.807) is 20.8 Å². The van der Waals surface area contributed by atoms with Gasteiger partial charge in [-0.3, -0.25) is 4.79 Å². The van der Waals surface area contributed by atoms with Gasteiger partial charge in [0.2, 0.25) is 0 Å². The smallest absolute Gasteiger partial charge is 0.155 e. The lowest BCUT2D eigenvalue weighted by Crippen LogP contribution is -2.31. The van der Waals surface area contributed by atoms with Crippen molar-refractivity contribution in [1.29, 1.82) is 0 Å². The second-order valence-electron chi connectivity index (χ2n) is 6.21. The van der Waals surface area contributed by atoms with E-state index < -0.39 is 14.6 Å². The molecule has 0 saturated heterocycles. The second-order valence-corrected chi connectivity index (χ2v) is 9.07. The van der Waals surface area contributed by atoms with Crippen molar-refractivity contribution in [3.63, 3.8) is 0 Å². The Balaban J connectivity index is 4.27. The monoisotopic (exact) mass is 248 g/mol. The van der Waals surface area contributed by atoms with Gasteiger partial charge in [0.25, 0.3) is 0 Å². The summed E-state index contributed by atoms with van der Waals surface area (Å²) in [5.41, 5.74) is -0.370. The summed E-state index contributed by atoms with van der Waals surface area (Å²) >= 11 is 0. The topological polar surface area (TPSA) is 51.2 Å². The molecule has 0 N–H and O–H groups in total. The SMILES string of the molecule is CC(C)(C)C(=O)CCCS(=O)(=O)C(C)(C)C. The maximum absolute atomic E-state index is 11.8. The molecule has 0 saturated carbocycles. The highest BCUT2D eigenvalue weighted by Crippen LogP contribution is 2.20. The molecular formula is C12H24O3S. The Bertz CT molecular complexity index is 339. The number of sulfone groups is 1. The van der Waals surface area contributed by atoms with Crippen molar-refractivity contribution >= 4 is 15.6 Å². The quantitative estimate of drug-likeness (QED) is 0.768. The zero-order valence-electron chi connectivity index (χ0n) is 11.3. The van der Waals surface area contributed by atoms with E-state index >= 15 is 0 Å². The van der Waals surface area contributed by atoms with E-state index in [2.05, 4.69) is 0 Å². The predicted molar refractivity (Wildman–Crippen MR) is 67.2 cm³/mol. The van der Waals surface area contributed by atoms with Gasteiger partial charge >= 0.3 is 0 Å². The molecule has 0 rings (SSSR count). The van der Waals surface area contributed by atoms with Crippen LogP contribution in [0.3, 0.4) is 0 Å². The standard InChI is InChI=1S/C12H24O3S/c1-11(2,3)10(13)8-7-9-16(14,15)12(4,5)6/h7-9H2,1-6H3. The largest absolute Gasteiger partial charge is 0.299 e. The molecule has 0 aromatic heterocycles. The molecule has 0 aromatic rings. The van der Waals surface area contributed by atoms with Gasteiger partial charge in [-0.05, 0) is 27.2 Å². The third-order valence-corrected chi connectivity index (χ3v) is 5.28. The maximum Gasteiger partial charge on any atom is 0.155 e. The summed E-state index contributed by atoms with van der Waals surface area (Å²) in [5, 5.41) is 0. The molecule has 96 valence electrons.